The van der Waals surface area contributed by atoms with Gasteiger partial charge in [0.05, 0.1) is 23.1 Å². The van der Waals surface area contributed by atoms with Crippen molar-refractivity contribution in [3.8, 4) is 0 Å². The number of carbonyl (C=O) groups is 2. The quantitative estimate of drug-likeness (QED) is 0.0700. The molecule has 0 aliphatic carbocycles. The summed E-state index contributed by atoms with van der Waals surface area (Å²) in [5.41, 5.74) is 2.73. The Bertz CT molecular complexity index is 1110. The van der Waals surface area contributed by atoms with Crippen LogP contribution in [-0.4, -0.2) is 35.0 Å². The van der Waals surface area contributed by atoms with Gasteiger partial charge in [0.15, 0.2) is 0 Å². The van der Waals surface area contributed by atoms with Crippen molar-refractivity contribution in [1.82, 2.24) is 0 Å². The zero-order chi connectivity index (χ0) is 31.2. The van der Waals surface area contributed by atoms with E-state index in [0.717, 1.165) is 36.8 Å². The zero-order valence-electron chi connectivity index (χ0n) is 23.3. The van der Waals surface area contributed by atoms with E-state index < -0.39 is 21.8 Å². The van der Waals surface area contributed by atoms with Crippen molar-refractivity contribution in [1.29, 1.82) is 0 Å². The molecule has 41 heavy (non-hydrogen) atoms. The third-order valence-electron chi connectivity index (χ3n) is 5.14. The van der Waals surface area contributed by atoms with Crippen LogP contribution in [0.25, 0.3) is 12.2 Å². The number of unbranched alkanes of at least 4 members (excludes halogenated alkanes) is 2. The van der Waals surface area contributed by atoms with E-state index in [1.165, 1.54) is 24.3 Å². The van der Waals surface area contributed by atoms with Crippen LogP contribution in [0, 0.1) is 34.1 Å². The SMILES string of the molecule is CCCCOC(=O)/C=C/c1ccc([N+](=O)[O-])c(C)c1.CCCCOC(=O)/C=C/c1ccc([N+](=O)[O-])c(C)c1.I[I-]I. The van der Waals surface area contributed by atoms with Gasteiger partial charge < -0.3 is 9.47 Å². The maximum absolute atomic E-state index is 11.3. The predicted octanol–water partition coefficient (Wildman–Crippen LogP) is 5.29. The summed E-state index contributed by atoms with van der Waals surface area (Å²) < 4.78 is 9.92. The molecule has 2 rings (SSSR count). The van der Waals surface area contributed by atoms with Crippen molar-refractivity contribution >= 4 is 72.7 Å². The number of esters is 2. The Hall–Kier alpha value is -2.15. The summed E-state index contributed by atoms with van der Waals surface area (Å²) in [4.78, 5) is 43.1. The summed E-state index contributed by atoms with van der Waals surface area (Å²) in [6.07, 6.45) is 9.46. The molecular formula is C28H34I3N2O8-. The van der Waals surface area contributed by atoms with E-state index in [4.69, 9.17) is 9.47 Å². The molecule has 0 N–H and O–H groups in total. The Balaban J connectivity index is 0.000000712. The number of nitro groups is 2. The molecule has 10 nitrogen and oxygen atoms in total. The third kappa shape index (κ3) is 18.1. The molecule has 2 aromatic rings. The molecule has 0 amide bonds. The van der Waals surface area contributed by atoms with Crippen LogP contribution in [0.3, 0.4) is 0 Å². The van der Waals surface area contributed by atoms with Crippen molar-refractivity contribution in [2.75, 3.05) is 13.2 Å². The van der Waals surface area contributed by atoms with E-state index in [1.807, 2.05) is 13.8 Å². The van der Waals surface area contributed by atoms with E-state index in [2.05, 4.69) is 37.2 Å². The van der Waals surface area contributed by atoms with E-state index in [9.17, 15) is 29.8 Å². The van der Waals surface area contributed by atoms with Gasteiger partial charge in [0.1, 0.15) is 0 Å². The Kier molecular flexibility index (Phi) is 22.2. The predicted molar refractivity (Wildman–Crippen MR) is 174 cm³/mol. The fraction of sp³-hybridized carbons (Fsp3) is 0.357. The topological polar surface area (TPSA) is 139 Å². The van der Waals surface area contributed by atoms with Gasteiger partial charge in [0.25, 0.3) is 11.4 Å². The molecule has 0 fully saturated rings. The van der Waals surface area contributed by atoms with Crippen LogP contribution >= 0.6 is 37.2 Å². The summed E-state index contributed by atoms with van der Waals surface area (Å²) in [6.45, 7) is 8.19. The molecule has 0 aliphatic rings. The maximum atomic E-state index is 11.3. The Morgan fingerprint density at radius 3 is 1.39 bits per heavy atom. The number of aryl methyl sites for hydroxylation is 2. The molecule has 2 aromatic carbocycles. The molecule has 0 radical (unpaired) electrons. The van der Waals surface area contributed by atoms with E-state index >= 15 is 0 Å². The summed E-state index contributed by atoms with van der Waals surface area (Å²) in [6, 6.07) is 9.37. The summed E-state index contributed by atoms with van der Waals surface area (Å²) in [5, 5.41) is 21.3. The van der Waals surface area contributed by atoms with Gasteiger partial charge in [-0.05, 0) is 74.2 Å². The molecule has 0 unspecified atom stereocenters. The Labute approximate surface area is 270 Å². The van der Waals surface area contributed by atoms with Gasteiger partial charge in [0, 0.05) is 35.4 Å². The molecule has 0 heterocycles. The average molecular weight is 907 g/mol. The molecule has 0 bridgehead atoms. The number of nitro benzene ring substituents is 2. The zero-order valence-corrected chi connectivity index (χ0v) is 29.8. The number of rotatable bonds is 12. The van der Waals surface area contributed by atoms with Crippen molar-refractivity contribution in [2.24, 2.45) is 0 Å². The van der Waals surface area contributed by atoms with Gasteiger partial charge >= 0.3 is 62.4 Å². The van der Waals surface area contributed by atoms with Gasteiger partial charge in [-0.15, -0.1) is 0 Å². The normalized spacial score (nSPS) is 10.4. The first-order chi connectivity index (χ1) is 19.5. The van der Waals surface area contributed by atoms with E-state index in [1.54, 1.807) is 50.3 Å². The van der Waals surface area contributed by atoms with Crippen LogP contribution < -0.4 is 13.3 Å². The molecule has 0 aromatic heterocycles. The minimum absolute atomic E-state index is 0.0719. The van der Waals surface area contributed by atoms with Gasteiger partial charge in [0.2, 0.25) is 0 Å². The van der Waals surface area contributed by atoms with Crippen LogP contribution in [0.5, 0.6) is 0 Å². The van der Waals surface area contributed by atoms with E-state index in [0.29, 0.717) is 37.6 Å². The summed E-state index contributed by atoms with van der Waals surface area (Å²) in [5.74, 6) is -0.797. The van der Waals surface area contributed by atoms with Gasteiger partial charge in [-0.25, -0.2) is 9.59 Å². The number of benzene rings is 2. The molecule has 226 valence electrons. The van der Waals surface area contributed by atoms with Crippen LogP contribution in [0.4, 0.5) is 11.4 Å². The number of carbonyl (C=O) groups excluding carboxylic acids is 2. The van der Waals surface area contributed by atoms with Crippen LogP contribution in [-0.2, 0) is 19.1 Å². The van der Waals surface area contributed by atoms with Gasteiger partial charge in [-0.1, -0.05) is 26.7 Å². The monoisotopic (exact) mass is 907 g/mol. The summed E-state index contributed by atoms with van der Waals surface area (Å²) in [7, 11) is 0. The molecule has 0 spiro atoms. The molecular weight excluding hydrogens is 873 g/mol. The first-order valence-corrected chi connectivity index (χ1v) is 25.1. The number of hydrogen-bond acceptors (Lipinski definition) is 8. The standard InChI is InChI=1S/2C14H17NO4.I3/c2*1-3-4-9-19-14(16)8-6-12-5-7-13(15(17)18)11(2)10-12;1-3-2/h2*5-8,10H,3-4,9H2,1-2H3;/q;;-1/b2*8-6+;. The molecule has 13 heteroatoms. The first-order valence-electron chi connectivity index (χ1n) is 12.6. The summed E-state index contributed by atoms with van der Waals surface area (Å²) >= 11 is 5.30. The Morgan fingerprint density at radius 2 is 1.12 bits per heavy atom. The number of halogens is 3. The van der Waals surface area contributed by atoms with Gasteiger partial charge in [-0.3, -0.25) is 20.2 Å². The fourth-order valence-corrected chi connectivity index (χ4v) is 3.03. The van der Waals surface area contributed by atoms with Crippen molar-refractivity contribution in [2.45, 2.75) is 53.4 Å². The molecule has 0 atom stereocenters. The second-order valence-electron chi connectivity index (χ2n) is 8.37. The molecule has 0 aliphatic heterocycles. The van der Waals surface area contributed by atoms with E-state index in [-0.39, 0.29) is 11.4 Å². The van der Waals surface area contributed by atoms with Crippen molar-refractivity contribution in [3.05, 3.63) is 91.0 Å². The molecule has 0 saturated heterocycles. The fourth-order valence-electron chi connectivity index (χ4n) is 3.03. The second kappa shape index (κ2) is 23.4. The third-order valence-corrected chi connectivity index (χ3v) is 5.14. The van der Waals surface area contributed by atoms with Crippen LogP contribution in [0.1, 0.15) is 61.8 Å². The minimum atomic E-state index is -0.429. The second-order valence-corrected chi connectivity index (χ2v) is 24.6. The Morgan fingerprint density at radius 1 is 0.780 bits per heavy atom. The van der Waals surface area contributed by atoms with Crippen LogP contribution in [0.15, 0.2) is 48.6 Å². The molecule has 0 saturated carbocycles. The van der Waals surface area contributed by atoms with Crippen LogP contribution in [0.2, 0.25) is 0 Å². The average Bonchev–Trinajstić information content (AvgIpc) is 2.91. The van der Waals surface area contributed by atoms with Crippen molar-refractivity contribution < 1.29 is 42.2 Å². The number of ether oxygens (including phenoxy) is 2. The van der Waals surface area contributed by atoms with Gasteiger partial charge in [-0.2, -0.15) is 0 Å². The number of hydrogen-bond donors (Lipinski definition) is 0. The van der Waals surface area contributed by atoms with Crippen molar-refractivity contribution in [3.63, 3.8) is 0 Å². The number of nitrogens with zero attached hydrogens (tertiary/aromatic N) is 2. The first kappa shape index (κ1) is 38.9.